The molecule has 0 saturated carbocycles. The molecule has 2 aromatic rings. The maximum atomic E-state index is 12.1. The van der Waals surface area contributed by atoms with Gasteiger partial charge < -0.3 is 15.3 Å². The summed E-state index contributed by atoms with van der Waals surface area (Å²) in [6, 6.07) is 2.01. The SMILES string of the molecule is O=C(O)c1csc(SCCN2C(=O)CCC2CNc2ccn[nH]2)n1. The first kappa shape index (κ1) is 16.8. The summed E-state index contributed by atoms with van der Waals surface area (Å²) >= 11 is 2.79. The summed E-state index contributed by atoms with van der Waals surface area (Å²) < 4.78 is 0.714. The summed E-state index contributed by atoms with van der Waals surface area (Å²) in [5.74, 6) is 0.682. The minimum Gasteiger partial charge on any atom is -0.476 e. The number of nitrogens with one attached hydrogen (secondary N) is 2. The molecule has 1 fully saturated rings. The molecule has 1 saturated heterocycles. The monoisotopic (exact) mass is 367 g/mol. The van der Waals surface area contributed by atoms with Crippen LogP contribution >= 0.6 is 23.1 Å². The number of aromatic carboxylic acids is 1. The Hall–Kier alpha value is -2.07. The molecule has 10 heteroatoms. The van der Waals surface area contributed by atoms with E-state index in [0.29, 0.717) is 29.6 Å². The fourth-order valence-corrected chi connectivity index (χ4v) is 4.36. The number of rotatable bonds is 8. The zero-order valence-electron chi connectivity index (χ0n) is 12.8. The molecule has 1 unspecified atom stereocenters. The van der Waals surface area contributed by atoms with Crippen molar-refractivity contribution in [2.75, 3.05) is 24.2 Å². The van der Waals surface area contributed by atoms with Crippen molar-refractivity contribution < 1.29 is 14.7 Å². The maximum absolute atomic E-state index is 12.1. The molecule has 3 rings (SSSR count). The molecule has 8 nitrogen and oxygen atoms in total. The van der Waals surface area contributed by atoms with Crippen LogP contribution in [0.5, 0.6) is 0 Å². The first-order valence-corrected chi connectivity index (χ1v) is 9.34. The van der Waals surface area contributed by atoms with Gasteiger partial charge in [-0.05, 0) is 12.5 Å². The Labute approximate surface area is 146 Å². The normalized spacial score (nSPS) is 17.4. The highest BCUT2D eigenvalue weighted by Gasteiger charge is 2.30. The molecule has 24 heavy (non-hydrogen) atoms. The van der Waals surface area contributed by atoms with Gasteiger partial charge in [0.15, 0.2) is 10.0 Å². The van der Waals surface area contributed by atoms with Crippen molar-refractivity contribution in [2.24, 2.45) is 0 Å². The quantitative estimate of drug-likeness (QED) is 0.610. The van der Waals surface area contributed by atoms with Crippen LogP contribution in [0.2, 0.25) is 0 Å². The number of likely N-dealkylation sites (tertiary alicyclic amines) is 1. The van der Waals surface area contributed by atoms with E-state index in [0.717, 1.165) is 12.2 Å². The van der Waals surface area contributed by atoms with Crippen molar-refractivity contribution in [1.29, 1.82) is 0 Å². The number of aromatic nitrogens is 3. The molecular weight excluding hydrogens is 350 g/mol. The van der Waals surface area contributed by atoms with Crippen LogP contribution in [-0.4, -0.2) is 61.9 Å². The topological polar surface area (TPSA) is 111 Å². The number of thioether (sulfide) groups is 1. The first-order valence-electron chi connectivity index (χ1n) is 7.48. The molecule has 0 radical (unpaired) electrons. The van der Waals surface area contributed by atoms with E-state index in [9.17, 15) is 9.59 Å². The number of aromatic amines is 1. The van der Waals surface area contributed by atoms with Gasteiger partial charge in [0.25, 0.3) is 0 Å². The van der Waals surface area contributed by atoms with E-state index in [1.807, 2.05) is 11.0 Å². The number of hydrogen-bond donors (Lipinski definition) is 3. The van der Waals surface area contributed by atoms with E-state index in [4.69, 9.17) is 5.11 Å². The van der Waals surface area contributed by atoms with E-state index >= 15 is 0 Å². The molecule has 0 aliphatic carbocycles. The number of anilines is 1. The minimum atomic E-state index is -1.02. The number of carbonyl (C=O) groups is 2. The van der Waals surface area contributed by atoms with Crippen LogP contribution in [0.3, 0.4) is 0 Å². The number of H-pyrrole nitrogens is 1. The van der Waals surface area contributed by atoms with Gasteiger partial charge in [0, 0.05) is 36.7 Å². The van der Waals surface area contributed by atoms with E-state index in [1.54, 1.807) is 6.20 Å². The molecule has 3 N–H and O–H groups in total. The lowest BCUT2D eigenvalue weighted by molar-refractivity contribution is -0.128. The van der Waals surface area contributed by atoms with Crippen LogP contribution in [0.25, 0.3) is 0 Å². The molecule has 1 amide bonds. The molecule has 0 bridgehead atoms. The first-order chi connectivity index (χ1) is 11.6. The largest absolute Gasteiger partial charge is 0.476 e. The number of hydrogen-bond acceptors (Lipinski definition) is 7. The average molecular weight is 367 g/mol. The molecule has 0 spiro atoms. The van der Waals surface area contributed by atoms with E-state index in [-0.39, 0.29) is 17.6 Å². The summed E-state index contributed by atoms with van der Waals surface area (Å²) in [5.41, 5.74) is 0.0707. The fraction of sp³-hybridized carbons (Fsp3) is 0.429. The maximum Gasteiger partial charge on any atom is 0.355 e. The molecule has 3 heterocycles. The molecule has 1 aliphatic rings. The molecule has 1 aliphatic heterocycles. The number of nitrogens with zero attached hydrogens (tertiary/aromatic N) is 3. The zero-order valence-corrected chi connectivity index (χ0v) is 14.4. The summed E-state index contributed by atoms with van der Waals surface area (Å²) in [5, 5.41) is 20.4. The van der Waals surface area contributed by atoms with Gasteiger partial charge in [-0.1, -0.05) is 11.8 Å². The third-order valence-corrected chi connectivity index (χ3v) is 5.74. The van der Waals surface area contributed by atoms with Crippen LogP contribution in [0.4, 0.5) is 5.82 Å². The van der Waals surface area contributed by atoms with Crippen LogP contribution in [0.15, 0.2) is 22.0 Å². The van der Waals surface area contributed by atoms with Gasteiger partial charge in [-0.15, -0.1) is 11.3 Å². The molecular formula is C14H17N5O3S2. The second kappa shape index (κ2) is 7.67. The third-order valence-electron chi connectivity index (χ3n) is 3.74. The van der Waals surface area contributed by atoms with Gasteiger partial charge in [-0.2, -0.15) is 5.10 Å². The van der Waals surface area contributed by atoms with Gasteiger partial charge in [-0.3, -0.25) is 9.89 Å². The predicted molar refractivity (Wildman–Crippen MR) is 91.6 cm³/mol. The van der Waals surface area contributed by atoms with Crippen LogP contribution in [-0.2, 0) is 4.79 Å². The van der Waals surface area contributed by atoms with Crippen molar-refractivity contribution >= 4 is 40.8 Å². The number of amides is 1. The lowest BCUT2D eigenvalue weighted by atomic mass is 10.2. The van der Waals surface area contributed by atoms with Gasteiger partial charge in [0.2, 0.25) is 5.91 Å². The van der Waals surface area contributed by atoms with Crippen molar-refractivity contribution in [2.45, 2.75) is 23.2 Å². The molecule has 2 aromatic heterocycles. The average Bonchev–Trinajstić information content (AvgIpc) is 3.28. The minimum absolute atomic E-state index is 0.0707. The molecule has 0 aromatic carbocycles. The van der Waals surface area contributed by atoms with E-state index < -0.39 is 5.97 Å². The number of carboxylic acids is 1. The zero-order chi connectivity index (χ0) is 16.9. The Morgan fingerprint density at radius 3 is 3.17 bits per heavy atom. The lowest BCUT2D eigenvalue weighted by Gasteiger charge is -2.24. The molecule has 1 atom stereocenters. The van der Waals surface area contributed by atoms with Gasteiger partial charge in [0.1, 0.15) is 5.82 Å². The number of carboxylic acid groups (broad SMARTS) is 1. The van der Waals surface area contributed by atoms with Crippen LogP contribution in [0.1, 0.15) is 23.3 Å². The Kier molecular flexibility index (Phi) is 5.36. The Morgan fingerprint density at radius 2 is 2.46 bits per heavy atom. The fourth-order valence-electron chi connectivity index (χ4n) is 2.55. The van der Waals surface area contributed by atoms with E-state index in [2.05, 4.69) is 20.5 Å². The van der Waals surface area contributed by atoms with Crippen molar-refractivity contribution in [3.8, 4) is 0 Å². The third kappa shape index (κ3) is 4.06. The second-order valence-electron chi connectivity index (χ2n) is 5.28. The molecule has 128 valence electrons. The smallest absolute Gasteiger partial charge is 0.355 e. The van der Waals surface area contributed by atoms with Crippen molar-refractivity contribution in [1.82, 2.24) is 20.1 Å². The Morgan fingerprint density at radius 1 is 1.58 bits per heavy atom. The predicted octanol–water partition coefficient (Wildman–Crippen LogP) is 1.76. The lowest BCUT2D eigenvalue weighted by Crippen LogP contribution is -2.39. The second-order valence-corrected chi connectivity index (χ2v) is 7.48. The summed E-state index contributed by atoms with van der Waals surface area (Å²) in [6.07, 6.45) is 3.08. The Balaban J connectivity index is 1.48. The standard InChI is InChI=1S/C14H17N5O3S2/c20-12-2-1-9(7-15-11-3-4-16-18-11)19(12)5-6-23-14-17-10(8-24-14)13(21)22/h3-4,8-9H,1-2,5-7H2,(H,21,22)(H2,15,16,18). The highest BCUT2D eigenvalue weighted by molar-refractivity contribution is 8.01. The summed E-state index contributed by atoms with van der Waals surface area (Å²) in [6.45, 7) is 1.31. The highest BCUT2D eigenvalue weighted by atomic mass is 32.2. The summed E-state index contributed by atoms with van der Waals surface area (Å²) in [7, 11) is 0. The van der Waals surface area contributed by atoms with Gasteiger partial charge >= 0.3 is 5.97 Å². The van der Waals surface area contributed by atoms with Crippen molar-refractivity contribution in [3.63, 3.8) is 0 Å². The Bertz CT molecular complexity index is 703. The van der Waals surface area contributed by atoms with Crippen LogP contribution < -0.4 is 5.32 Å². The number of carbonyl (C=O) groups excluding carboxylic acids is 1. The summed E-state index contributed by atoms with van der Waals surface area (Å²) in [4.78, 5) is 28.8. The van der Waals surface area contributed by atoms with Gasteiger partial charge in [-0.25, -0.2) is 9.78 Å². The number of thiazole rings is 1. The van der Waals surface area contributed by atoms with E-state index in [1.165, 1.54) is 28.5 Å². The highest BCUT2D eigenvalue weighted by Crippen LogP contribution is 2.25. The van der Waals surface area contributed by atoms with Gasteiger partial charge in [0.05, 0.1) is 6.20 Å². The van der Waals surface area contributed by atoms with Crippen LogP contribution in [0, 0.1) is 0 Å². The van der Waals surface area contributed by atoms with Crippen molar-refractivity contribution in [3.05, 3.63) is 23.3 Å².